The Morgan fingerprint density at radius 2 is 2.30 bits per heavy atom. The van der Waals surface area contributed by atoms with Crippen LogP contribution in [-0.4, -0.2) is 30.8 Å². The second-order valence-electron chi connectivity index (χ2n) is 4.20. The van der Waals surface area contributed by atoms with Gasteiger partial charge in [0, 0.05) is 13.0 Å². The van der Waals surface area contributed by atoms with E-state index in [1.54, 1.807) is 6.07 Å². The molecule has 8 heteroatoms. The Hall–Kier alpha value is -2.90. The SMILES string of the molecule is O=C(O)c1ccc2c(c1)[nH]c(=O)n2CCc1ncno1. The molecule has 3 aromatic rings. The molecule has 3 rings (SSSR count). The van der Waals surface area contributed by atoms with Crippen molar-refractivity contribution in [3.63, 3.8) is 0 Å². The number of carboxylic acid groups (broad SMARTS) is 1. The lowest BCUT2D eigenvalue weighted by molar-refractivity contribution is 0.0697. The van der Waals surface area contributed by atoms with Crippen LogP contribution < -0.4 is 5.69 Å². The summed E-state index contributed by atoms with van der Waals surface area (Å²) in [5, 5.41) is 12.4. The summed E-state index contributed by atoms with van der Waals surface area (Å²) < 4.78 is 6.38. The average molecular weight is 274 g/mol. The van der Waals surface area contributed by atoms with Gasteiger partial charge in [-0.05, 0) is 18.2 Å². The quantitative estimate of drug-likeness (QED) is 0.722. The number of nitrogens with one attached hydrogen (secondary N) is 1. The lowest BCUT2D eigenvalue weighted by Gasteiger charge is -2.01. The first kappa shape index (κ1) is 12.2. The van der Waals surface area contributed by atoms with E-state index in [-0.39, 0.29) is 11.3 Å². The normalized spacial score (nSPS) is 11.0. The van der Waals surface area contributed by atoms with Crippen LogP contribution in [-0.2, 0) is 13.0 Å². The van der Waals surface area contributed by atoms with Crippen molar-refractivity contribution in [2.75, 3.05) is 0 Å². The van der Waals surface area contributed by atoms with Crippen LogP contribution in [0.3, 0.4) is 0 Å². The number of carbonyl (C=O) groups is 1. The smallest absolute Gasteiger partial charge is 0.335 e. The highest BCUT2D eigenvalue weighted by Gasteiger charge is 2.11. The first-order valence-corrected chi connectivity index (χ1v) is 5.86. The molecule has 2 heterocycles. The summed E-state index contributed by atoms with van der Waals surface area (Å²) in [5.41, 5.74) is 0.949. The first-order chi connectivity index (χ1) is 9.65. The van der Waals surface area contributed by atoms with Crippen LogP contribution in [0.15, 0.2) is 33.8 Å². The number of aromatic nitrogens is 4. The molecule has 0 saturated heterocycles. The maximum Gasteiger partial charge on any atom is 0.335 e. The predicted molar refractivity (Wildman–Crippen MR) is 67.5 cm³/mol. The molecule has 102 valence electrons. The van der Waals surface area contributed by atoms with E-state index in [0.717, 1.165) is 0 Å². The number of benzene rings is 1. The molecule has 0 fully saturated rings. The van der Waals surface area contributed by atoms with E-state index in [9.17, 15) is 9.59 Å². The summed E-state index contributed by atoms with van der Waals surface area (Å²) in [6.45, 7) is 0.368. The van der Waals surface area contributed by atoms with Gasteiger partial charge >= 0.3 is 11.7 Å². The molecule has 2 N–H and O–H groups in total. The number of hydrogen-bond acceptors (Lipinski definition) is 5. The van der Waals surface area contributed by atoms with Gasteiger partial charge in [-0.1, -0.05) is 5.16 Å². The summed E-state index contributed by atoms with van der Waals surface area (Å²) >= 11 is 0. The molecule has 0 bridgehead atoms. The Balaban J connectivity index is 1.96. The zero-order chi connectivity index (χ0) is 14.1. The van der Waals surface area contributed by atoms with Crippen LogP contribution in [0, 0.1) is 0 Å². The standard InChI is InChI=1S/C12H10N4O4/c17-11(18)7-1-2-9-8(5-7)15-12(19)16(9)4-3-10-13-6-14-20-10/h1-2,5-6H,3-4H2,(H,15,19)(H,17,18). The molecule has 8 nitrogen and oxygen atoms in total. The van der Waals surface area contributed by atoms with E-state index in [1.165, 1.54) is 23.0 Å². The van der Waals surface area contributed by atoms with Gasteiger partial charge in [0.2, 0.25) is 5.89 Å². The lowest BCUT2D eigenvalue weighted by atomic mass is 10.2. The maximum atomic E-state index is 11.9. The van der Waals surface area contributed by atoms with Crippen molar-refractivity contribution in [1.82, 2.24) is 19.7 Å². The van der Waals surface area contributed by atoms with E-state index in [2.05, 4.69) is 15.1 Å². The molecule has 0 aliphatic heterocycles. The summed E-state index contributed by atoms with van der Waals surface area (Å²) in [6, 6.07) is 4.49. The van der Waals surface area contributed by atoms with Crippen molar-refractivity contribution in [3.8, 4) is 0 Å². The minimum Gasteiger partial charge on any atom is -0.478 e. The van der Waals surface area contributed by atoms with Gasteiger partial charge in [0.1, 0.15) is 0 Å². The minimum absolute atomic E-state index is 0.128. The van der Waals surface area contributed by atoms with E-state index in [1.807, 2.05) is 0 Å². The summed E-state index contributed by atoms with van der Waals surface area (Å²) in [4.78, 5) is 29.3. The number of fused-ring (bicyclic) bond motifs is 1. The van der Waals surface area contributed by atoms with Crippen molar-refractivity contribution in [2.45, 2.75) is 13.0 Å². The third-order valence-electron chi connectivity index (χ3n) is 2.98. The number of H-pyrrole nitrogens is 1. The highest BCUT2D eigenvalue weighted by molar-refractivity contribution is 5.92. The summed E-state index contributed by atoms with van der Waals surface area (Å²) in [5.74, 6) is -0.597. The topological polar surface area (TPSA) is 114 Å². The fraction of sp³-hybridized carbons (Fsp3) is 0.167. The highest BCUT2D eigenvalue weighted by Crippen LogP contribution is 2.13. The number of aryl methyl sites for hydroxylation is 2. The van der Waals surface area contributed by atoms with Crippen molar-refractivity contribution in [2.24, 2.45) is 0 Å². The van der Waals surface area contributed by atoms with Crippen molar-refractivity contribution < 1.29 is 14.4 Å². The molecule has 1 aromatic carbocycles. The Morgan fingerprint density at radius 1 is 1.45 bits per heavy atom. The maximum absolute atomic E-state index is 11.9. The molecule has 20 heavy (non-hydrogen) atoms. The Labute approximate surface area is 111 Å². The largest absolute Gasteiger partial charge is 0.478 e. The third-order valence-corrected chi connectivity index (χ3v) is 2.98. The fourth-order valence-corrected chi connectivity index (χ4v) is 2.03. The molecule has 0 aliphatic carbocycles. The first-order valence-electron chi connectivity index (χ1n) is 5.86. The van der Waals surface area contributed by atoms with Crippen LogP contribution >= 0.6 is 0 Å². The third kappa shape index (κ3) is 2.07. The zero-order valence-electron chi connectivity index (χ0n) is 10.2. The minimum atomic E-state index is -1.04. The molecule has 0 radical (unpaired) electrons. The molecule has 0 atom stereocenters. The van der Waals surface area contributed by atoms with E-state index in [4.69, 9.17) is 9.63 Å². The summed E-state index contributed by atoms with van der Waals surface area (Å²) in [6.07, 6.45) is 1.72. The van der Waals surface area contributed by atoms with Crippen LogP contribution in [0.4, 0.5) is 0 Å². The second-order valence-corrected chi connectivity index (χ2v) is 4.20. The molecule has 0 saturated carbocycles. The second kappa shape index (κ2) is 4.65. The van der Waals surface area contributed by atoms with Gasteiger partial charge in [-0.15, -0.1) is 0 Å². The van der Waals surface area contributed by atoms with Gasteiger partial charge < -0.3 is 14.6 Å². The predicted octanol–water partition coefficient (Wildman–Crippen LogP) is 0.653. The molecular weight excluding hydrogens is 264 g/mol. The van der Waals surface area contributed by atoms with Crippen LogP contribution in [0.25, 0.3) is 11.0 Å². The van der Waals surface area contributed by atoms with Crippen molar-refractivity contribution >= 4 is 17.0 Å². The summed E-state index contributed by atoms with van der Waals surface area (Å²) in [7, 11) is 0. The molecule has 0 amide bonds. The van der Waals surface area contributed by atoms with Crippen LogP contribution in [0.5, 0.6) is 0 Å². The van der Waals surface area contributed by atoms with Gasteiger partial charge in [0.25, 0.3) is 0 Å². The number of imidazole rings is 1. The molecule has 0 aliphatic rings. The molecule has 0 spiro atoms. The van der Waals surface area contributed by atoms with Crippen LogP contribution in [0.1, 0.15) is 16.2 Å². The van der Waals surface area contributed by atoms with Crippen molar-refractivity contribution in [1.29, 1.82) is 0 Å². The van der Waals surface area contributed by atoms with E-state index >= 15 is 0 Å². The molecule has 2 aromatic heterocycles. The number of aromatic amines is 1. The van der Waals surface area contributed by atoms with Gasteiger partial charge in [-0.2, -0.15) is 4.98 Å². The molecular formula is C12H10N4O4. The fourth-order valence-electron chi connectivity index (χ4n) is 2.03. The lowest BCUT2D eigenvalue weighted by Crippen LogP contribution is -2.17. The van der Waals surface area contributed by atoms with Crippen molar-refractivity contribution in [3.05, 3.63) is 46.5 Å². The van der Waals surface area contributed by atoms with Gasteiger partial charge in [-0.3, -0.25) is 4.57 Å². The van der Waals surface area contributed by atoms with E-state index < -0.39 is 5.97 Å². The zero-order valence-corrected chi connectivity index (χ0v) is 10.2. The monoisotopic (exact) mass is 274 g/mol. The number of carboxylic acids is 1. The average Bonchev–Trinajstić information content (AvgIpc) is 3.02. The van der Waals surface area contributed by atoms with Gasteiger partial charge in [0.15, 0.2) is 6.33 Å². The number of aromatic carboxylic acids is 1. The van der Waals surface area contributed by atoms with E-state index in [0.29, 0.717) is 29.9 Å². The number of hydrogen-bond donors (Lipinski definition) is 2. The highest BCUT2D eigenvalue weighted by atomic mass is 16.5. The number of nitrogens with zero attached hydrogens (tertiary/aromatic N) is 3. The Bertz CT molecular complexity index is 816. The van der Waals surface area contributed by atoms with Crippen LogP contribution in [0.2, 0.25) is 0 Å². The Morgan fingerprint density at radius 3 is 3.00 bits per heavy atom. The van der Waals surface area contributed by atoms with Gasteiger partial charge in [0.05, 0.1) is 16.6 Å². The molecule has 0 unspecified atom stereocenters. The van der Waals surface area contributed by atoms with Gasteiger partial charge in [-0.25, -0.2) is 9.59 Å². The Kier molecular flexibility index (Phi) is 2.82. The number of rotatable bonds is 4.